The van der Waals surface area contributed by atoms with Crippen LogP contribution in [0.25, 0.3) is 0 Å². The van der Waals surface area contributed by atoms with Crippen LogP contribution < -0.4 is 10.6 Å². The summed E-state index contributed by atoms with van der Waals surface area (Å²) in [5.41, 5.74) is 2.80. The minimum atomic E-state index is -0.323. The second-order valence-electron chi connectivity index (χ2n) is 5.04. The van der Waals surface area contributed by atoms with Crippen LogP contribution >= 0.6 is 23.2 Å². The molecule has 0 spiro atoms. The lowest BCUT2D eigenvalue weighted by Gasteiger charge is -2.16. The smallest absolute Gasteiger partial charge is 0.319 e. The van der Waals surface area contributed by atoms with E-state index in [9.17, 15) is 4.79 Å². The van der Waals surface area contributed by atoms with E-state index in [4.69, 9.17) is 23.2 Å². The fraction of sp³-hybridized carbons (Fsp3) is 0.235. The van der Waals surface area contributed by atoms with Gasteiger partial charge < -0.3 is 10.6 Å². The van der Waals surface area contributed by atoms with E-state index < -0.39 is 0 Å². The Morgan fingerprint density at radius 1 is 1.14 bits per heavy atom. The maximum Gasteiger partial charge on any atom is 0.319 e. The van der Waals surface area contributed by atoms with Gasteiger partial charge in [-0.25, -0.2) is 4.79 Å². The highest BCUT2D eigenvalue weighted by Gasteiger charge is 2.11. The number of amides is 2. The Labute approximate surface area is 140 Å². The standard InChI is InChI=1S/C17H18Cl2N2O/c1-3-12-4-6-13(7-5-12)11(2)20-17(22)21-16-10-14(18)8-9-15(16)19/h4-11H,3H2,1-2H3,(H2,20,21,22). The number of halogens is 2. The minimum Gasteiger partial charge on any atom is -0.331 e. The van der Waals surface area contributed by atoms with Crippen molar-refractivity contribution in [2.75, 3.05) is 5.32 Å². The summed E-state index contributed by atoms with van der Waals surface area (Å²) in [4.78, 5) is 12.1. The molecule has 0 saturated heterocycles. The lowest BCUT2D eigenvalue weighted by atomic mass is 10.1. The molecule has 116 valence electrons. The molecule has 1 atom stereocenters. The van der Waals surface area contributed by atoms with Gasteiger partial charge in [0.2, 0.25) is 0 Å². The summed E-state index contributed by atoms with van der Waals surface area (Å²) < 4.78 is 0. The fourth-order valence-corrected chi connectivity index (χ4v) is 2.41. The van der Waals surface area contributed by atoms with Crippen molar-refractivity contribution in [1.29, 1.82) is 0 Å². The first-order valence-electron chi connectivity index (χ1n) is 7.11. The van der Waals surface area contributed by atoms with Crippen LogP contribution in [0.2, 0.25) is 10.0 Å². The normalized spacial score (nSPS) is 11.8. The molecule has 0 bridgehead atoms. The predicted molar refractivity (Wildman–Crippen MR) is 92.9 cm³/mol. The maximum atomic E-state index is 12.1. The summed E-state index contributed by atoms with van der Waals surface area (Å²) in [5.74, 6) is 0. The molecule has 0 radical (unpaired) electrons. The number of anilines is 1. The van der Waals surface area contributed by atoms with Crippen LogP contribution in [0.15, 0.2) is 42.5 Å². The highest BCUT2D eigenvalue weighted by atomic mass is 35.5. The van der Waals surface area contributed by atoms with Crippen LogP contribution in [0.4, 0.5) is 10.5 Å². The van der Waals surface area contributed by atoms with Crippen molar-refractivity contribution < 1.29 is 4.79 Å². The summed E-state index contributed by atoms with van der Waals surface area (Å²) >= 11 is 11.9. The Morgan fingerprint density at radius 2 is 1.82 bits per heavy atom. The van der Waals surface area contributed by atoms with Gasteiger partial charge in [-0.15, -0.1) is 0 Å². The zero-order valence-corrected chi connectivity index (χ0v) is 14.0. The van der Waals surface area contributed by atoms with E-state index in [1.165, 1.54) is 5.56 Å². The lowest BCUT2D eigenvalue weighted by molar-refractivity contribution is 0.249. The molecule has 0 heterocycles. The second-order valence-corrected chi connectivity index (χ2v) is 5.88. The first kappa shape index (κ1) is 16.7. The largest absolute Gasteiger partial charge is 0.331 e. The number of rotatable bonds is 4. The highest BCUT2D eigenvalue weighted by molar-refractivity contribution is 6.35. The number of nitrogens with one attached hydrogen (secondary N) is 2. The van der Waals surface area contributed by atoms with Gasteiger partial charge in [0.15, 0.2) is 0 Å². The van der Waals surface area contributed by atoms with Crippen molar-refractivity contribution in [3.05, 3.63) is 63.6 Å². The average molecular weight is 337 g/mol. The molecule has 5 heteroatoms. The van der Waals surface area contributed by atoms with Crippen LogP contribution in [0.5, 0.6) is 0 Å². The Balaban J connectivity index is 2.00. The van der Waals surface area contributed by atoms with Gasteiger partial charge in [0, 0.05) is 5.02 Å². The Hall–Kier alpha value is -1.71. The third-order valence-corrected chi connectivity index (χ3v) is 3.98. The zero-order valence-electron chi connectivity index (χ0n) is 12.5. The van der Waals surface area contributed by atoms with Gasteiger partial charge in [0.1, 0.15) is 0 Å². The first-order chi connectivity index (χ1) is 10.5. The first-order valence-corrected chi connectivity index (χ1v) is 7.86. The van der Waals surface area contributed by atoms with Gasteiger partial charge in [-0.2, -0.15) is 0 Å². The molecular weight excluding hydrogens is 319 g/mol. The fourth-order valence-electron chi connectivity index (χ4n) is 2.07. The topological polar surface area (TPSA) is 41.1 Å². The van der Waals surface area contributed by atoms with Crippen LogP contribution in [0.3, 0.4) is 0 Å². The summed E-state index contributed by atoms with van der Waals surface area (Å²) in [5, 5.41) is 6.55. The molecule has 2 rings (SSSR count). The lowest BCUT2D eigenvalue weighted by Crippen LogP contribution is -2.31. The Morgan fingerprint density at radius 3 is 2.45 bits per heavy atom. The SMILES string of the molecule is CCc1ccc(C(C)NC(=O)Nc2cc(Cl)ccc2Cl)cc1. The number of hydrogen-bond acceptors (Lipinski definition) is 1. The zero-order chi connectivity index (χ0) is 16.1. The van der Waals surface area contributed by atoms with Crippen molar-refractivity contribution in [1.82, 2.24) is 5.32 Å². The molecule has 2 aromatic carbocycles. The van der Waals surface area contributed by atoms with Gasteiger partial charge in [-0.1, -0.05) is 54.4 Å². The van der Waals surface area contributed by atoms with Crippen LogP contribution in [-0.2, 0) is 6.42 Å². The molecule has 0 aliphatic carbocycles. The van der Waals surface area contributed by atoms with Crippen LogP contribution in [0.1, 0.15) is 31.0 Å². The molecule has 0 aromatic heterocycles. The number of urea groups is 1. The van der Waals surface area contributed by atoms with Gasteiger partial charge in [-0.3, -0.25) is 0 Å². The summed E-state index contributed by atoms with van der Waals surface area (Å²) in [6.07, 6.45) is 0.996. The second kappa shape index (κ2) is 7.52. The van der Waals surface area contributed by atoms with E-state index in [1.54, 1.807) is 18.2 Å². The predicted octanol–water partition coefficient (Wildman–Crippen LogP) is 5.44. The van der Waals surface area contributed by atoms with Crippen molar-refractivity contribution in [2.45, 2.75) is 26.3 Å². The molecule has 1 unspecified atom stereocenters. The number of benzene rings is 2. The number of carbonyl (C=O) groups is 1. The molecular formula is C17H18Cl2N2O. The maximum absolute atomic E-state index is 12.1. The molecule has 2 amide bonds. The Bertz CT molecular complexity index is 656. The number of aryl methyl sites for hydroxylation is 1. The van der Waals surface area contributed by atoms with E-state index in [0.717, 1.165) is 12.0 Å². The molecule has 0 aliphatic rings. The van der Waals surface area contributed by atoms with E-state index in [0.29, 0.717) is 15.7 Å². The third kappa shape index (κ3) is 4.39. The van der Waals surface area contributed by atoms with Crippen molar-refractivity contribution >= 4 is 34.9 Å². The molecule has 2 aromatic rings. The summed E-state index contributed by atoms with van der Waals surface area (Å²) in [7, 11) is 0. The highest BCUT2D eigenvalue weighted by Crippen LogP contribution is 2.25. The van der Waals surface area contributed by atoms with E-state index in [2.05, 4.69) is 29.7 Å². The molecule has 0 aliphatic heterocycles. The average Bonchev–Trinajstić information content (AvgIpc) is 2.51. The van der Waals surface area contributed by atoms with Crippen molar-refractivity contribution in [3.63, 3.8) is 0 Å². The molecule has 0 fully saturated rings. The van der Waals surface area contributed by atoms with Crippen molar-refractivity contribution in [2.24, 2.45) is 0 Å². The molecule has 2 N–H and O–H groups in total. The quantitative estimate of drug-likeness (QED) is 0.766. The van der Waals surface area contributed by atoms with Gasteiger partial charge in [0.05, 0.1) is 16.8 Å². The summed E-state index contributed by atoms with van der Waals surface area (Å²) in [6.45, 7) is 4.04. The van der Waals surface area contributed by atoms with Gasteiger partial charge >= 0.3 is 6.03 Å². The number of carbonyl (C=O) groups excluding carboxylic acids is 1. The van der Waals surface area contributed by atoms with Crippen LogP contribution in [-0.4, -0.2) is 6.03 Å². The van der Waals surface area contributed by atoms with E-state index in [1.807, 2.05) is 19.1 Å². The molecule has 22 heavy (non-hydrogen) atoms. The van der Waals surface area contributed by atoms with Gasteiger partial charge in [-0.05, 0) is 42.7 Å². The molecule has 0 saturated carbocycles. The molecule has 3 nitrogen and oxygen atoms in total. The van der Waals surface area contributed by atoms with E-state index in [-0.39, 0.29) is 12.1 Å². The minimum absolute atomic E-state index is 0.108. The monoisotopic (exact) mass is 336 g/mol. The van der Waals surface area contributed by atoms with Crippen LogP contribution in [0, 0.1) is 0 Å². The van der Waals surface area contributed by atoms with Gasteiger partial charge in [0.25, 0.3) is 0 Å². The number of hydrogen-bond donors (Lipinski definition) is 2. The van der Waals surface area contributed by atoms with Crippen molar-refractivity contribution in [3.8, 4) is 0 Å². The summed E-state index contributed by atoms with van der Waals surface area (Å²) in [6, 6.07) is 12.7. The van der Waals surface area contributed by atoms with E-state index >= 15 is 0 Å². The third-order valence-electron chi connectivity index (χ3n) is 3.41. The Kier molecular flexibility index (Phi) is 5.69.